The summed E-state index contributed by atoms with van der Waals surface area (Å²) in [5.41, 5.74) is 0. The van der Waals surface area contributed by atoms with Crippen LogP contribution >= 0.6 is 0 Å². The van der Waals surface area contributed by atoms with E-state index in [0.29, 0.717) is 13.0 Å². The van der Waals surface area contributed by atoms with Crippen molar-refractivity contribution in [3.05, 3.63) is 0 Å². The lowest BCUT2D eigenvalue weighted by atomic mass is 10.2. The van der Waals surface area contributed by atoms with Crippen LogP contribution in [0.4, 0.5) is 0 Å². The predicted octanol–water partition coefficient (Wildman–Crippen LogP) is 0.727. The summed E-state index contributed by atoms with van der Waals surface area (Å²) in [5, 5.41) is 8.62. The van der Waals surface area contributed by atoms with Crippen molar-refractivity contribution < 1.29 is 19.4 Å². The summed E-state index contributed by atoms with van der Waals surface area (Å²) in [6, 6.07) is 0. The molecule has 0 spiro atoms. The van der Waals surface area contributed by atoms with Gasteiger partial charge in [0, 0.05) is 13.0 Å². The topological polar surface area (TPSA) is 55.8 Å². The normalized spacial score (nSPS) is 12.5. The van der Waals surface area contributed by atoms with Gasteiger partial charge in [-0.05, 0) is 19.8 Å². The van der Waals surface area contributed by atoms with Crippen molar-refractivity contribution in [2.24, 2.45) is 0 Å². The van der Waals surface area contributed by atoms with Crippen LogP contribution in [0.5, 0.6) is 0 Å². The molecule has 0 radical (unpaired) electrons. The fourth-order valence-corrected chi connectivity index (χ4v) is 0.811. The Bertz CT molecular complexity index is 136. The fraction of sp³-hybridized carbons (Fsp3) is 0.889. The monoisotopic (exact) mass is 190 g/mol. The van der Waals surface area contributed by atoms with Crippen molar-refractivity contribution in [1.29, 1.82) is 0 Å². The van der Waals surface area contributed by atoms with Gasteiger partial charge >= 0.3 is 5.97 Å². The molecule has 0 aliphatic carbocycles. The summed E-state index contributed by atoms with van der Waals surface area (Å²) in [5.74, 6) is -0.185. The van der Waals surface area contributed by atoms with Gasteiger partial charge in [0.15, 0.2) is 0 Å². The Balaban J connectivity index is 3.12. The quantitative estimate of drug-likeness (QED) is 0.475. The van der Waals surface area contributed by atoms with E-state index < -0.39 is 0 Å². The molecule has 0 rings (SSSR count). The molecule has 0 aromatic rings. The van der Waals surface area contributed by atoms with Crippen molar-refractivity contribution in [3.8, 4) is 0 Å². The average molecular weight is 190 g/mol. The van der Waals surface area contributed by atoms with Crippen LogP contribution in [0.3, 0.4) is 0 Å². The van der Waals surface area contributed by atoms with Crippen LogP contribution in [0, 0.1) is 0 Å². The molecule has 0 aromatic carbocycles. The summed E-state index contributed by atoms with van der Waals surface area (Å²) in [6.07, 6.45) is 1.91. The minimum absolute atomic E-state index is 0.0387. The largest absolute Gasteiger partial charge is 0.469 e. The molecule has 4 heteroatoms. The Hall–Kier alpha value is -0.610. The molecule has 78 valence electrons. The summed E-state index contributed by atoms with van der Waals surface area (Å²) in [6.45, 7) is 2.43. The zero-order chi connectivity index (χ0) is 10.1. The number of unbranched alkanes of at least 4 members (excludes halogenated alkanes) is 1. The van der Waals surface area contributed by atoms with Crippen molar-refractivity contribution in [2.75, 3.05) is 20.3 Å². The minimum atomic E-state index is -0.185. The number of aliphatic hydroxyl groups is 1. The SMILES string of the molecule is COC(=O)CCCCOC(C)CO. The standard InChI is InChI=1S/C9H18O4/c1-8(7-10)13-6-4-3-5-9(11)12-2/h8,10H,3-7H2,1-2H3. The van der Waals surface area contributed by atoms with E-state index in [4.69, 9.17) is 9.84 Å². The van der Waals surface area contributed by atoms with E-state index in [2.05, 4.69) is 4.74 Å². The van der Waals surface area contributed by atoms with Crippen molar-refractivity contribution in [1.82, 2.24) is 0 Å². The molecule has 4 nitrogen and oxygen atoms in total. The van der Waals surface area contributed by atoms with Gasteiger partial charge in [0.05, 0.1) is 19.8 Å². The molecular formula is C9H18O4. The molecule has 0 aliphatic heterocycles. The highest BCUT2D eigenvalue weighted by atomic mass is 16.5. The van der Waals surface area contributed by atoms with Crippen LogP contribution in [-0.4, -0.2) is 37.5 Å². The molecule has 0 fully saturated rings. The second-order valence-corrected chi connectivity index (χ2v) is 2.90. The van der Waals surface area contributed by atoms with Gasteiger partial charge in [0.1, 0.15) is 0 Å². The number of hydrogen-bond acceptors (Lipinski definition) is 4. The van der Waals surface area contributed by atoms with Crippen molar-refractivity contribution >= 4 is 5.97 Å². The summed E-state index contributed by atoms with van der Waals surface area (Å²) in [7, 11) is 1.38. The van der Waals surface area contributed by atoms with E-state index in [-0.39, 0.29) is 18.7 Å². The maximum atomic E-state index is 10.7. The van der Waals surface area contributed by atoms with Crippen LogP contribution in [-0.2, 0) is 14.3 Å². The molecule has 1 unspecified atom stereocenters. The lowest BCUT2D eigenvalue weighted by Crippen LogP contribution is -2.13. The Morgan fingerprint density at radius 1 is 1.46 bits per heavy atom. The second-order valence-electron chi connectivity index (χ2n) is 2.90. The Morgan fingerprint density at radius 3 is 2.69 bits per heavy atom. The first-order valence-corrected chi connectivity index (χ1v) is 4.50. The number of carbonyl (C=O) groups is 1. The maximum absolute atomic E-state index is 10.7. The van der Waals surface area contributed by atoms with Gasteiger partial charge < -0.3 is 14.6 Å². The average Bonchev–Trinajstić information content (AvgIpc) is 2.16. The number of aliphatic hydroxyl groups excluding tert-OH is 1. The summed E-state index contributed by atoms with van der Waals surface area (Å²) < 4.78 is 9.68. The fourth-order valence-electron chi connectivity index (χ4n) is 0.811. The van der Waals surface area contributed by atoms with Gasteiger partial charge in [-0.15, -0.1) is 0 Å². The molecule has 0 heterocycles. The first kappa shape index (κ1) is 12.4. The third-order valence-corrected chi connectivity index (χ3v) is 1.66. The van der Waals surface area contributed by atoms with E-state index in [1.807, 2.05) is 0 Å². The zero-order valence-electron chi connectivity index (χ0n) is 8.28. The molecular weight excluding hydrogens is 172 g/mol. The molecule has 0 aromatic heterocycles. The van der Waals surface area contributed by atoms with E-state index in [0.717, 1.165) is 12.8 Å². The highest BCUT2D eigenvalue weighted by molar-refractivity contribution is 5.68. The van der Waals surface area contributed by atoms with Gasteiger partial charge in [-0.25, -0.2) is 0 Å². The number of hydrogen-bond donors (Lipinski definition) is 1. The van der Waals surface area contributed by atoms with E-state index in [9.17, 15) is 4.79 Å². The predicted molar refractivity (Wildman–Crippen MR) is 48.4 cm³/mol. The number of esters is 1. The van der Waals surface area contributed by atoms with Crippen molar-refractivity contribution in [2.45, 2.75) is 32.3 Å². The summed E-state index contributed by atoms with van der Waals surface area (Å²) >= 11 is 0. The Labute approximate surface area is 78.8 Å². The van der Waals surface area contributed by atoms with Crippen LogP contribution < -0.4 is 0 Å². The van der Waals surface area contributed by atoms with Crippen LogP contribution in [0.25, 0.3) is 0 Å². The first-order valence-electron chi connectivity index (χ1n) is 4.50. The second kappa shape index (κ2) is 8.01. The lowest BCUT2D eigenvalue weighted by molar-refractivity contribution is -0.140. The number of ether oxygens (including phenoxy) is 2. The minimum Gasteiger partial charge on any atom is -0.469 e. The van der Waals surface area contributed by atoms with Crippen LogP contribution in [0.2, 0.25) is 0 Å². The number of rotatable bonds is 7. The van der Waals surface area contributed by atoms with E-state index in [1.165, 1.54) is 7.11 Å². The lowest BCUT2D eigenvalue weighted by Gasteiger charge is -2.08. The highest BCUT2D eigenvalue weighted by Gasteiger charge is 2.01. The Kier molecular flexibility index (Phi) is 7.63. The molecule has 1 N–H and O–H groups in total. The van der Waals surface area contributed by atoms with E-state index >= 15 is 0 Å². The van der Waals surface area contributed by atoms with Gasteiger partial charge in [-0.3, -0.25) is 4.79 Å². The van der Waals surface area contributed by atoms with E-state index in [1.54, 1.807) is 6.92 Å². The highest BCUT2D eigenvalue weighted by Crippen LogP contribution is 1.99. The van der Waals surface area contributed by atoms with Gasteiger partial charge in [0.25, 0.3) is 0 Å². The summed E-state index contributed by atoms with van der Waals surface area (Å²) in [4.78, 5) is 10.7. The smallest absolute Gasteiger partial charge is 0.305 e. The molecule has 0 amide bonds. The third-order valence-electron chi connectivity index (χ3n) is 1.66. The number of carbonyl (C=O) groups excluding carboxylic acids is 1. The molecule has 13 heavy (non-hydrogen) atoms. The third kappa shape index (κ3) is 7.74. The van der Waals surface area contributed by atoms with Crippen LogP contribution in [0.1, 0.15) is 26.2 Å². The number of methoxy groups -OCH3 is 1. The molecule has 0 saturated heterocycles. The molecule has 0 saturated carbocycles. The maximum Gasteiger partial charge on any atom is 0.305 e. The van der Waals surface area contributed by atoms with Gasteiger partial charge in [0.2, 0.25) is 0 Å². The van der Waals surface area contributed by atoms with Crippen molar-refractivity contribution in [3.63, 3.8) is 0 Å². The molecule has 0 aliphatic rings. The van der Waals surface area contributed by atoms with Gasteiger partial charge in [-0.2, -0.15) is 0 Å². The molecule has 0 bridgehead atoms. The van der Waals surface area contributed by atoms with Crippen LogP contribution in [0.15, 0.2) is 0 Å². The first-order chi connectivity index (χ1) is 6.20. The molecule has 1 atom stereocenters. The van der Waals surface area contributed by atoms with Gasteiger partial charge in [-0.1, -0.05) is 0 Å². The zero-order valence-corrected chi connectivity index (χ0v) is 8.28. The Morgan fingerprint density at radius 2 is 2.15 bits per heavy atom.